The van der Waals surface area contributed by atoms with E-state index in [1.807, 2.05) is 7.05 Å². The molecule has 1 aromatic heterocycles. The summed E-state index contributed by atoms with van der Waals surface area (Å²) in [5.74, 6) is 0.643. The molecule has 0 fully saturated rings. The van der Waals surface area contributed by atoms with Gasteiger partial charge >= 0.3 is 0 Å². The van der Waals surface area contributed by atoms with E-state index in [1.54, 1.807) is 16.4 Å². The predicted molar refractivity (Wildman–Crippen MR) is 72.5 cm³/mol. The second-order valence-electron chi connectivity index (χ2n) is 3.40. The molecule has 0 atom stereocenters. The topological polar surface area (TPSA) is 43.8 Å². The molecule has 2 N–H and O–H groups in total. The Bertz CT molecular complexity index is 505. The van der Waals surface area contributed by atoms with Crippen LogP contribution in [0.15, 0.2) is 33.6 Å². The lowest BCUT2D eigenvalue weighted by Gasteiger charge is -1.99. The van der Waals surface area contributed by atoms with Crippen LogP contribution in [0.25, 0.3) is 11.3 Å². The van der Waals surface area contributed by atoms with Crippen LogP contribution in [0.2, 0.25) is 0 Å². The number of halogens is 1. The van der Waals surface area contributed by atoms with Gasteiger partial charge in [0.15, 0.2) is 0 Å². The standard InChI is InChI=1S/C11H12BrN3S/c1-15-11(13)9(12)10(14-15)7-3-5-8(16-2)6-4-7/h3-6H,13H2,1-2H3. The van der Waals surface area contributed by atoms with E-state index in [0.29, 0.717) is 5.82 Å². The van der Waals surface area contributed by atoms with Crippen LogP contribution in [0.4, 0.5) is 5.82 Å². The van der Waals surface area contributed by atoms with Gasteiger partial charge in [-0.15, -0.1) is 11.8 Å². The maximum absolute atomic E-state index is 5.85. The van der Waals surface area contributed by atoms with Gasteiger partial charge in [-0.1, -0.05) is 12.1 Å². The molecule has 0 saturated heterocycles. The van der Waals surface area contributed by atoms with E-state index in [2.05, 4.69) is 51.5 Å². The maximum Gasteiger partial charge on any atom is 0.136 e. The summed E-state index contributed by atoms with van der Waals surface area (Å²) in [5, 5.41) is 4.37. The fraction of sp³-hybridized carbons (Fsp3) is 0.182. The Morgan fingerprint density at radius 2 is 1.94 bits per heavy atom. The molecular weight excluding hydrogens is 286 g/mol. The van der Waals surface area contributed by atoms with E-state index < -0.39 is 0 Å². The molecule has 84 valence electrons. The first-order chi connectivity index (χ1) is 7.63. The van der Waals surface area contributed by atoms with Crippen molar-refractivity contribution in [1.29, 1.82) is 0 Å². The van der Waals surface area contributed by atoms with Gasteiger partial charge in [-0.2, -0.15) is 5.10 Å². The summed E-state index contributed by atoms with van der Waals surface area (Å²) in [4.78, 5) is 1.24. The fourth-order valence-corrected chi connectivity index (χ4v) is 2.42. The third-order valence-electron chi connectivity index (χ3n) is 2.39. The van der Waals surface area contributed by atoms with Gasteiger partial charge in [0.05, 0.1) is 4.47 Å². The summed E-state index contributed by atoms with van der Waals surface area (Å²) in [5.41, 5.74) is 7.79. The number of nitrogens with zero attached hydrogens (tertiary/aromatic N) is 2. The third kappa shape index (κ3) is 1.97. The first-order valence-electron chi connectivity index (χ1n) is 4.76. The van der Waals surface area contributed by atoms with Crippen LogP contribution in [0, 0.1) is 0 Å². The van der Waals surface area contributed by atoms with E-state index in [9.17, 15) is 0 Å². The summed E-state index contributed by atoms with van der Waals surface area (Å²) >= 11 is 5.18. The monoisotopic (exact) mass is 297 g/mol. The minimum Gasteiger partial charge on any atom is -0.383 e. The number of anilines is 1. The maximum atomic E-state index is 5.85. The van der Waals surface area contributed by atoms with Crippen LogP contribution < -0.4 is 5.73 Å². The Morgan fingerprint density at radius 1 is 1.31 bits per heavy atom. The molecule has 0 aliphatic rings. The van der Waals surface area contributed by atoms with Gasteiger partial charge < -0.3 is 5.73 Å². The lowest BCUT2D eigenvalue weighted by Crippen LogP contribution is -1.97. The normalized spacial score (nSPS) is 10.7. The van der Waals surface area contributed by atoms with Crippen molar-refractivity contribution < 1.29 is 0 Å². The minimum absolute atomic E-state index is 0.643. The molecule has 0 bridgehead atoms. The first kappa shape index (κ1) is 11.5. The number of nitrogens with two attached hydrogens (primary N) is 1. The Morgan fingerprint density at radius 3 is 2.38 bits per heavy atom. The molecule has 5 heteroatoms. The van der Waals surface area contributed by atoms with Gasteiger partial charge in [0.2, 0.25) is 0 Å². The highest BCUT2D eigenvalue weighted by Gasteiger charge is 2.12. The molecule has 0 saturated carbocycles. The summed E-state index contributed by atoms with van der Waals surface area (Å²) in [6.45, 7) is 0. The van der Waals surface area contributed by atoms with E-state index in [4.69, 9.17) is 5.73 Å². The highest BCUT2D eigenvalue weighted by Crippen LogP contribution is 2.32. The van der Waals surface area contributed by atoms with Gasteiger partial charge in [-0.3, -0.25) is 4.68 Å². The summed E-state index contributed by atoms with van der Waals surface area (Å²) < 4.78 is 2.52. The highest BCUT2D eigenvalue weighted by atomic mass is 79.9. The number of benzene rings is 1. The number of hydrogen-bond acceptors (Lipinski definition) is 3. The van der Waals surface area contributed by atoms with Crippen LogP contribution in [-0.2, 0) is 7.05 Å². The predicted octanol–water partition coefficient (Wildman–Crippen LogP) is 3.15. The zero-order chi connectivity index (χ0) is 11.7. The molecular formula is C11H12BrN3S. The fourth-order valence-electron chi connectivity index (χ4n) is 1.44. The summed E-state index contributed by atoms with van der Waals surface area (Å²) in [6.07, 6.45) is 2.06. The third-order valence-corrected chi connectivity index (χ3v) is 3.92. The average molecular weight is 298 g/mol. The molecule has 2 aromatic rings. The second kappa shape index (κ2) is 4.51. The molecule has 0 radical (unpaired) electrons. The van der Waals surface area contributed by atoms with Gasteiger partial charge in [-0.05, 0) is 34.3 Å². The largest absolute Gasteiger partial charge is 0.383 e. The van der Waals surface area contributed by atoms with Crippen molar-refractivity contribution >= 4 is 33.5 Å². The molecule has 0 unspecified atom stereocenters. The van der Waals surface area contributed by atoms with Crippen LogP contribution >= 0.6 is 27.7 Å². The number of aryl methyl sites for hydroxylation is 1. The van der Waals surface area contributed by atoms with E-state index in [1.165, 1.54) is 4.90 Å². The van der Waals surface area contributed by atoms with E-state index in [0.717, 1.165) is 15.7 Å². The van der Waals surface area contributed by atoms with Crippen LogP contribution in [0.3, 0.4) is 0 Å². The molecule has 1 heterocycles. The zero-order valence-electron chi connectivity index (χ0n) is 9.07. The van der Waals surface area contributed by atoms with Crippen molar-refractivity contribution in [3.63, 3.8) is 0 Å². The van der Waals surface area contributed by atoms with Gasteiger partial charge in [0.25, 0.3) is 0 Å². The van der Waals surface area contributed by atoms with Crippen LogP contribution in [0.5, 0.6) is 0 Å². The molecule has 3 nitrogen and oxygen atoms in total. The summed E-state index contributed by atoms with van der Waals surface area (Å²) in [6, 6.07) is 8.27. The SMILES string of the molecule is CSc1ccc(-c2nn(C)c(N)c2Br)cc1. The van der Waals surface area contributed by atoms with Crippen molar-refractivity contribution in [2.75, 3.05) is 12.0 Å². The lowest BCUT2D eigenvalue weighted by molar-refractivity contribution is 0.782. The number of aromatic nitrogens is 2. The molecule has 16 heavy (non-hydrogen) atoms. The van der Waals surface area contributed by atoms with Gasteiger partial charge in [-0.25, -0.2) is 0 Å². The van der Waals surface area contributed by atoms with Gasteiger partial charge in [0, 0.05) is 17.5 Å². The van der Waals surface area contributed by atoms with Crippen molar-refractivity contribution in [3.05, 3.63) is 28.7 Å². The zero-order valence-corrected chi connectivity index (χ0v) is 11.5. The first-order valence-corrected chi connectivity index (χ1v) is 6.77. The van der Waals surface area contributed by atoms with Crippen molar-refractivity contribution in [2.45, 2.75) is 4.90 Å². The Kier molecular flexibility index (Phi) is 3.25. The smallest absolute Gasteiger partial charge is 0.136 e. The Labute approximate surface area is 107 Å². The minimum atomic E-state index is 0.643. The summed E-state index contributed by atoms with van der Waals surface area (Å²) in [7, 11) is 1.83. The molecule has 0 aliphatic heterocycles. The average Bonchev–Trinajstić information content (AvgIpc) is 2.57. The number of nitrogen functional groups attached to an aromatic ring is 1. The van der Waals surface area contributed by atoms with Crippen molar-refractivity contribution in [1.82, 2.24) is 9.78 Å². The Balaban J connectivity index is 2.46. The van der Waals surface area contributed by atoms with Crippen LogP contribution in [-0.4, -0.2) is 16.0 Å². The Hall–Kier alpha value is -0.940. The van der Waals surface area contributed by atoms with Gasteiger partial charge in [0.1, 0.15) is 11.5 Å². The molecule has 1 aromatic carbocycles. The number of rotatable bonds is 2. The lowest BCUT2D eigenvalue weighted by atomic mass is 10.1. The number of hydrogen-bond donors (Lipinski definition) is 1. The molecule has 0 aliphatic carbocycles. The quantitative estimate of drug-likeness (QED) is 0.866. The second-order valence-corrected chi connectivity index (χ2v) is 5.07. The number of thioether (sulfide) groups is 1. The van der Waals surface area contributed by atoms with Crippen molar-refractivity contribution in [3.8, 4) is 11.3 Å². The molecule has 2 rings (SSSR count). The highest BCUT2D eigenvalue weighted by molar-refractivity contribution is 9.10. The van der Waals surface area contributed by atoms with Crippen molar-refractivity contribution in [2.24, 2.45) is 7.05 Å². The van der Waals surface area contributed by atoms with E-state index >= 15 is 0 Å². The van der Waals surface area contributed by atoms with Crippen LogP contribution in [0.1, 0.15) is 0 Å². The molecule has 0 amide bonds. The van der Waals surface area contributed by atoms with E-state index in [-0.39, 0.29) is 0 Å². The molecule has 0 spiro atoms.